The number of nitrogens with one attached hydrogen (secondary N) is 1. The van der Waals surface area contributed by atoms with Crippen molar-refractivity contribution in [1.82, 2.24) is 20.4 Å². The second-order valence-corrected chi connectivity index (χ2v) is 11.2. The molecule has 2 heterocycles. The third-order valence-electron chi connectivity index (χ3n) is 8.42. The fraction of sp³-hybridized carbons (Fsp3) is 0.375. The monoisotopic (exact) mass is 551 g/mol. The molecule has 9 nitrogen and oxygen atoms in total. The number of carbonyl (C=O) groups excluding carboxylic acids is 1. The zero-order valence-electron chi connectivity index (χ0n) is 23.7. The predicted octanol–water partition coefficient (Wildman–Crippen LogP) is 3.71. The average molecular weight is 552 g/mol. The Labute approximate surface area is 240 Å². The van der Waals surface area contributed by atoms with E-state index in [1.54, 1.807) is 13.0 Å². The average Bonchev–Trinajstić information content (AvgIpc) is 3.60. The fourth-order valence-corrected chi connectivity index (χ4v) is 6.41. The molecule has 2 aliphatic rings. The molecule has 0 radical (unpaired) electrons. The van der Waals surface area contributed by atoms with Crippen LogP contribution in [-0.2, 0) is 18.3 Å². The molecule has 1 aliphatic heterocycles. The summed E-state index contributed by atoms with van der Waals surface area (Å²) in [6, 6.07) is 14.0. The van der Waals surface area contributed by atoms with Gasteiger partial charge in [-0.05, 0) is 85.0 Å². The lowest BCUT2D eigenvalue weighted by molar-refractivity contribution is 0.1000. The van der Waals surface area contributed by atoms with Crippen LogP contribution >= 0.6 is 0 Å². The Morgan fingerprint density at radius 3 is 2.41 bits per heavy atom. The van der Waals surface area contributed by atoms with Gasteiger partial charge in [0.25, 0.3) is 0 Å². The van der Waals surface area contributed by atoms with E-state index in [2.05, 4.69) is 58.7 Å². The molecule has 2 aromatic carbocycles. The van der Waals surface area contributed by atoms with Gasteiger partial charge in [0.15, 0.2) is 0 Å². The molecule has 41 heavy (non-hydrogen) atoms. The SMILES string of the molecule is C=C(N)c1ccc2c(c1)CCc1cc(C(N)=O)ccc1C2(C[C@@H](C)NCC(=C)N1CCCC1C#N)c1nnc(C)o1. The van der Waals surface area contributed by atoms with Crippen molar-refractivity contribution in [3.8, 4) is 6.07 Å². The molecule has 1 fully saturated rings. The van der Waals surface area contributed by atoms with E-state index >= 15 is 0 Å². The van der Waals surface area contributed by atoms with Crippen LogP contribution in [0.2, 0.25) is 0 Å². The third-order valence-corrected chi connectivity index (χ3v) is 8.42. The van der Waals surface area contributed by atoms with Crippen molar-refractivity contribution >= 4 is 11.6 Å². The van der Waals surface area contributed by atoms with Crippen LogP contribution in [0, 0.1) is 18.3 Å². The number of amides is 1. The molecule has 212 valence electrons. The van der Waals surface area contributed by atoms with Gasteiger partial charge in [0, 0.05) is 43.0 Å². The number of aryl methyl sites for hydroxylation is 3. The van der Waals surface area contributed by atoms with Gasteiger partial charge in [-0.3, -0.25) is 4.79 Å². The molecule has 0 spiro atoms. The Kier molecular flexibility index (Phi) is 7.70. The molecular weight excluding hydrogens is 514 g/mol. The van der Waals surface area contributed by atoms with Crippen LogP contribution in [0.4, 0.5) is 0 Å². The second kappa shape index (κ2) is 11.2. The summed E-state index contributed by atoms with van der Waals surface area (Å²) >= 11 is 0. The molecule has 9 heteroatoms. The number of nitrogens with two attached hydrogens (primary N) is 2. The highest BCUT2D eigenvalue weighted by Gasteiger charge is 2.46. The van der Waals surface area contributed by atoms with Gasteiger partial charge in [-0.25, -0.2) is 0 Å². The van der Waals surface area contributed by atoms with E-state index in [1.165, 1.54) is 0 Å². The Morgan fingerprint density at radius 2 is 1.83 bits per heavy atom. The molecule has 3 aromatic rings. The number of fused-ring (bicyclic) bond motifs is 2. The summed E-state index contributed by atoms with van der Waals surface area (Å²) < 4.78 is 6.24. The number of nitrogens with zero attached hydrogens (tertiary/aromatic N) is 4. The summed E-state index contributed by atoms with van der Waals surface area (Å²) in [6.07, 6.45) is 3.86. The van der Waals surface area contributed by atoms with Crippen LogP contribution in [0.1, 0.15) is 76.1 Å². The summed E-state index contributed by atoms with van der Waals surface area (Å²) in [4.78, 5) is 14.2. The number of hydrogen-bond acceptors (Lipinski definition) is 8. The number of nitriles is 1. The molecule has 5 rings (SSSR count). The predicted molar refractivity (Wildman–Crippen MR) is 158 cm³/mol. The second-order valence-electron chi connectivity index (χ2n) is 11.2. The molecule has 0 bridgehead atoms. The summed E-state index contributed by atoms with van der Waals surface area (Å²) in [6.45, 7) is 13.5. The standard InChI is InChI=1S/C32H37N7O2/c1-19(36-18-20(2)39-13-5-6-27(39)17-33)16-32(31-38-37-22(4)41-31)28-11-9-23(21(3)34)14-24(28)7-8-25-15-26(30(35)40)10-12-29(25)32/h9-12,14-15,19,27,36H,2-3,5-8,13,16,18,34H2,1,4H3,(H2,35,40)/t19-,27?,32?/m1/s1. The van der Waals surface area contributed by atoms with Crippen LogP contribution in [0.15, 0.2) is 59.7 Å². The minimum atomic E-state index is -0.816. The summed E-state index contributed by atoms with van der Waals surface area (Å²) in [5, 5.41) is 22.0. The van der Waals surface area contributed by atoms with Gasteiger partial charge in [-0.1, -0.05) is 31.4 Å². The summed E-state index contributed by atoms with van der Waals surface area (Å²) in [7, 11) is 0. The first-order chi connectivity index (χ1) is 19.6. The first-order valence-corrected chi connectivity index (χ1v) is 14.0. The van der Waals surface area contributed by atoms with Gasteiger partial charge >= 0.3 is 0 Å². The first kappa shape index (κ1) is 28.1. The Morgan fingerprint density at radius 1 is 1.17 bits per heavy atom. The van der Waals surface area contributed by atoms with Gasteiger partial charge in [-0.2, -0.15) is 5.26 Å². The Bertz CT molecular complexity index is 1480. The van der Waals surface area contributed by atoms with E-state index in [0.717, 1.165) is 59.3 Å². The van der Waals surface area contributed by atoms with Crippen LogP contribution < -0.4 is 16.8 Å². The van der Waals surface area contributed by atoms with Crippen molar-refractivity contribution in [1.29, 1.82) is 5.26 Å². The molecule has 1 amide bonds. The first-order valence-electron chi connectivity index (χ1n) is 14.0. The molecule has 1 saturated heterocycles. The van der Waals surface area contributed by atoms with Crippen molar-refractivity contribution in [3.05, 3.63) is 100 Å². The van der Waals surface area contributed by atoms with Gasteiger partial charge in [0.05, 0.1) is 6.07 Å². The van der Waals surface area contributed by atoms with E-state index in [4.69, 9.17) is 15.9 Å². The molecule has 0 saturated carbocycles. The lowest BCUT2D eigenvalue weighted by atomic mass is 9.68. The summed E-state index contributed by atoms with van der Waals surface area (Å²) in [5.41, 5.74) is 17.8. The topological polar surface area (TPSA) is 147 Å². The zero-order chi connectivity index (χ0) is 29.3. The summed E-state index contributed by atoms with van der Waals surface area (Å²) in [5.74, 6) is 0.488. The Balaban J connectivity index is 1.61. The number of hydrogen-bond donors (Lipinski definition) is 3. The van der Waals surface area contributed by atoms with Crippen molar-refractivity contribution in [2.45, 2.75) is 63.5 Å². The highest BCUT2D eigenvalue weighted by molar-refractivity contribution is 5.93. The van der Waals surface area contributed by atoms with Crippen molar-refractivity contribution in [3.63, 3.8) is 0 Å². The fourth-order valence-electron chi connectivity index (χ4n) is 6.41. The van der Waals surface area contributed by atoms with Crippen LogP contribution in [0.5, 0.6) is 0 Å². The minimum absolute atomic E-state index is 0.0270. The van der Waals surface area contributed by atoms with E-state index in [-0.39, 0.29) is 12.1 Å². The molecule has 1 aliphatic carbocycles. The normalized spacial score (nSPS) is 20.4. The lowest BCUT2D eigenvalue weighted by Crippen LogP contribution is -2.41. The largest absolute Gasteiger partial charge is 0.424 e. The van der Waals surface area contributed by atoms with Gasteiger partial charge in [0.2, 0.25) is 17.7 Å². The maximum Gasteiger partial charge on any atom is 0.248 e. The van der Waals surface area contributed by atoms with Crippen LogP contribution in [-0.4, -0.2) is 46.2 Å². The van der Waals surface area contributed by atoms with E-state index < -0.39 is 11.3 Å². The van der Waals surface area contributed by atoms with Gasteiger partial charge < -0.3 is 26.1 Å². The van der Waals surface area contributed by atoms with E-state index in [9.17, 15) is 10.1 Å². The van der Waals surface area contributed by atoms with E-state index in [0.29, 0.717) is 42.4 Å². The number of likely N-dealkylation sites (tertiary alicyclic amines) is 1. The maximum absolute atomic E-state index is 12.1. The molecule has 2 unspecified atom stereocenters. The zero-order valence-corrected chi connectivity index (χ0v) is 23.7. The lowest BCUT2D eigenvalue weighted by Gasteiger charge is -2.36. The Hall–Kier alpha value is -4.42. The van der Waals surface area contributed by atoms with Crippen molar-refractivity contribution in [2.24, 2.45) is 11.5 Å². The number of aromatic nitrogens is 2. The number of carbonyl (C=O) groups is 1. The number of rotatable bonds is 9. The van der Waals surface area contributed by atoms with Gasteiger partial charge in [-0.15, -0.1) is 10.2 Å². The molecular formula is C32H37N7O2. The molecule has 1 aromatic heterocycles. The quantitative estimate of drug-likeness (QED) is 0.365. The van der Waals surface area contributed by atoms with E-state index in [1.807, 2.05) is 18.2 Å². The number of benzene rings is 2. The van der Waals surface area contributed by atoms with Crippen LogP contribution in [0.3, 0.4) is 0 Å². The van der Waals surface area contributed by atoms with Gasteiger partial charge in [0.1, 0.15) is 11.5 Å². The minimum Gasteiger partial charge on any atom is -0.424 e. The maximum atomic E-state index is 12.1. The smallest absolute Gasteiger partial charge is 0.248 e. The van der Waals surface area contributed by atoms with Crippen LogP contribution in [0.25, 0.3) is 5.70 Å². The highest BCUT2D eigenvalue weighted by atomic mass is 16.4. The number of primary amides is 1. The molecule has 3 atom stereocenters. The third kappa shape index (κ3) is 5.23. The highest BCUT2D eigenvalue weighted by Crippen LogP contribution is 2.48. The molecule has 5 N–H and O–H groups in total. The van der Waals surface area contributed by atoms with Crippen molar-refractivity contribution in [2.75, 3.05) is 13.1 Å². The van der Waals surface area contributed by atoms with Crippen molar-refractivity contribution < 1.29 is 9.21 Å².